The third-order valence-corrected chi connectivity index (χ3v) is 5.98. The van der Waals surface area contributed by atoms with Gasteiger partial charge in [0.1, 0.15) is 4.90 Å². The van der Waals surface area contributed by atoms with Gasteiger partial charge in [-0.3, -0.25) is 0 Å². The second kappa shape index (κ2) is 6.52. The van der Waals surface area contributed by atoms with Crippen LogP contribution in [-0.2, 0) is 10.0 Å². The predicted molar refractivity (Wildman–Crippen MR) is 82.6 cm³/mol. The Kier molecular flexibility index (Phi) is 5.18. The molecule has 0 spiro atoms. The first kappa shape index (κ1) is 15.9. The van der Waals surface area contributed by atoms with Crippen LogP contribution in [0.1, 0.15) is 32.1 Å². The summed E-state index contributed by atoms with van der Waals surface area (Å²) >= 11 is 11.8. The van der Waals surface area contributed by atoms with E-state index in [4.69, 9.17) is 28.9 Å². The van der Waals surface area contributed by atoms with Crippen molar-refractivity contribution >= 4 is 38.9 Å². The highest BCUT2D eigenvalue weighted by molar-refractivity contribution is 7.89. The smallest absolute Gasteiger partial charge is 0.242 e. The summed E-state index contributed by atoms with van der Waals surface area (Å²) in [5.74, 6) is 0.405. The van der Waals surface area contributed by atoms with Crippen LogP contribution < -0.4 is 10.5 Å². The molecule has 0 atom stereocenters. The number of hydrogen-bond acceptors (Lipinski definition) is 3. The number of benzene rings is 1. The summed E-state index contributed by atoms with van der Waals surface area (Å²) < 4.78 is 27.2. The predicted octanol–water partition coefficient (Wildman–Crippen LogP) is 3.43. The van der Waals surface area contributed by atoms with Gasteiger partial charge in [-0.1, -0.05) is 42.5 Å². The molecule has 2 rings (SSSR count). The van der Waals surface area contributed by atoms with Crippen molar-refractivity contribution in [3.63, 3.8) is 0 Å². The lowest BCUT2D eigenvalue weighted by atomic mass is 9.90. The quantitative estimate of drug-likeness (QED) is 0.827. The van der Waals surface area contributed by atoms with Crippen molar-refractivity contribution in [1.29, 1.82) is 0 Å². The summed E-state index contributed by atoms with van der Waals surface area (Å²) in [6.07, 6.45) is 5.71. The Labute approximate surface area is 129 Å². The van der Waals surface area contributed by atoms with Gasteiger partial charge in [0.05, 0.1) is 15.7 Å². The zero-order valence-corrected chi connectivity index (χ0v) is 13.4. The van der Waals surface area contributed by atoms with Gasteiger partial charge in [0, 0.05) is 6.54 Å². The molecule has 0 saturated heterocycles. The number of halogens is 2. The van der Waals surface area contributed by atoms with E-state index in [1.165, 1.54) is 31.4 Å². The molecule has 0 heterocycles. The zero-order valence-electron chi connectivity index (χ0n) is 11.0. The van der Waals surface area contributed by atoms with Crippen molar-refractivity contribution in [3.8, 4) is 0 Å². The van der Waals surface area contributed by atoms with Gasteiger partial charge in [-0.05, 0) is 30.9 Å². The van der Waals surface area contributed by atoms with Crippen molar-refractivity contribution in [2.24, 2.45) is 5.92 Å². The highest BCUT2D eigenvalue weighted by atomic mass is 35.5. The number of nitrogens with two attached hydrogens (primary N) is 1. The van der Waals surface area contributed by atoms with Gasteiger partial charge in [-0.15, -0.1) is 0 Å². The Morgan fingerprint density at radius 3 is 2.50 bits per heavy atom. The Bertz CT molecular complexity index is 584. The fourth-order valence-corrected chi connectivity index (χ4v) is 4.33. The van der Waals surface area contributed by atoms with Gasteiger partial charge in [0.2, 0.25) is 10.0 Å². The molecule has 1 saturated carbocycles. The summed E-state index contributed by atoms with van der Waals surface area (Å²) in [5, 5.41) is 0.231. The molecule has 3 N–H and O–H groups in total. The molecule has 20 heavy (non-hydrogen) atoms. The van der Waals surface area contributed by atoms with Crippen LogP contribution in [-0.4, -0.2) is 15.0 Å². The van der Waals surface area contributed by atoms with Crippen molar-refractivity contribution < 1.29 is 8.42 Å². The fraction of sp³-hybridized carbons (Fsp3) is 0.538. The maximum Gasteiger partial charge on any atom is 0.242 e. The van der Waals surface area contributed by atoms with Crippen molar-refractivity contribution in [3.05, 3.63) is 22.2 Å². The lowest BCUT2D eigenvalue weighted by Gasteiger charge is -2.22. The summed E-state index contributed by atoms with van der Waals surface area (Å²) in [7, 11) is -3.65. The van der Waals surface area contributed by atoms with Gasteiger partial charge in [0.25, 0.3) is 0 Å². The Morgan fingerprint density at radius 1 is 1.20 bits per heavy atom. The highest BCUT2D eigenvalue weighted by Crippen LogP contribution is 2.33. The monoisotopic (exact) mass is 336 g/mol. The molecule has 0 unspecified atom stereocenters. The minimum Gasteiger partial charge on any atom is -0.396 e. The highest BCUT2D eigenvalue weighted by Gasteiger charge is 2.22. The third-order valence-electron chi connectivity index (χ3n) is 3.67. The fourth-order valence-electron chi connectivity index (χ4n) is 2.45. The Hall–Kier alpha value is -0.490. The van der Waals surface area contributed by atoms with Gasteiger partial charge in [-0.25, -0.2) is 13.1 Å². The van der Waals surface area contributed by atoms with Crippen LogP contribution in [0.4, 0.5) is 5.69 Å². The SMILES string of the molecule is Nc1c(Cl)ccc(S(=O)(=O)NCC2CCCCC2)c1Cl. The second-order valence-corrected chi connectivity index (χ2v) is 7.65. The van der Waals surface area contributed by atoms with Crippen LogP contribution >= 0.6 is 23.2 Å². The maximum atomic E-state index is 12.3. The van der Waals surface area contributed by atoms with E-state index < -0.39 is 10.0 Å². The second-order valence-electron chi connectivity index (χ2n) is 5.13. The van der Waals surface area contributed by atoms with Gasteiger partial charge in [-0.2, -0.15) is 0 Å². The van der Waals surface area contributed by atoms with Crippen molar-refractivity contribution in [1.82, 2.24) is 4.72 Å². The van der Waals surface area contributed by atoms with Gasteiger partial charge < -0.3 is 5.73 Å². The first-order valence-electron chi connectivity index (χ1n) is 6.65. The molecule has 112 valence electrons. The minimum absolute atomic E-state index is 0.0168. The molecule has 7 heteroatoms. The third kappa shape index (κ3) is 3.58. The number of nitrogen functional groups attached to an aromatic ring is 1. The molecule has 0 radical (unpaired) electrons. The topological polar surface area (TPSA) is 72.2 Å². The molecule has 1 aliphatic rings. The standard InChI is InChI=1S/C13H18Cl2N2O2S/c14-10-6-7-11(12(15)13(10)16)20(18,19)17-8-9-4-2-1-3-5-9/h6-7,9,17H,1-5,8,16H2. The summed E-state index contributed by atoms with van der Waals surface area (Å²) in [5.41, 5.74) is 5.75. The Morgan fingerprint density at radius 2 is 1.85 bits per heavy atom. The van der Waals surface area contributed by atoms with Crippen LogP contribution in [0, 0.1) is 5.92 Å². The number of hydrogen-bond donors (Lipinski definition) is 2. The zero-order chi connectivity index (χ0) is 14.8. The van der Waals surface area contributed by atoms with E-state index >= 15 is 0 Å². The van der Waals surface area contributed by atoms with Crippen LogP contribution in [0.2, 0.25) is 10.0 Å². The van der Waals surface area contributed by atoms with Crippen molar-refractivity contribution in [2.75, 3.05) is 12.3 Å². The molecular formula is C13H18Cl2N2O2S. The molecule has 1 fully saturated rings. The normalized spacial score (nSPS) is 17.3. The van der Waals surface area contributed by atoms with Gasteiger partial charge in [0.15, 0.2) is 0 Å². The lowest BCUT2D eigenvalue weighted by molar-refractivity contribution is 0.357. The molecule has 1 aromatic carbocycles. The van der Waals surface area contributed by atoms with E-state index in [1.54, 1.807) is 0 Å². The van der Waals surface area contributed by atoms with Crippen LogP contribution in [0.5, 0.6) is 0 Å². The average molecular weight is 337 g/mol. The maximum absolute atomic E-state index is 12.3. The van der Waals surface area contributed by atoms with Crippen LogP contribution in [0.25, 0.3) is 0 Å². The van der Waals surface area contributed by atoms with E-state index in [-0.39, 0.29) is 20.6 Å². The molecule has 4 nitrogen and oxygen atoms in total. The van der Waals surface area contributed by atoms with E-state index in [9.17, 15) is 8.42 Å². The molecule has 0 bridgehead atoms. The van der Waals surface area contributed by atoms with Gasteiger partial charge >= 0.3 is 0 Å². The molecule has 1 aromatic rings. The van der Waals surface area contributed by atoms with E-state index in [1.807, 2.05) is 0 Å². The number of rotatable bonds is 4. The lowest BCUT2D eigenvalue weighted by Crippen LogP contribution is -2.30. The molecule has 1 aliphatic carbocycles. The molecule has 0 aliphatic heterocycles. The summed E-state index contributed by atoms with van der Waals surface area (Å²) in [6, 6.07) is 2.82. The first-order valence-corrected chi connectivity index (χ1v) is 8.89. The molecular weight excluding hydrogens is 319 g/mol. The van der Waals surface area contributed by atoms with Crippen molar-refractivity contribution in [2.45, 2.75) is 37.0 Å². The van der Waals surface area contributed by atoms with E-state index in [0.717, 1.165) is 12.8 Å². The van der Waals surface area contributed by atoms with E-state index in [2.05, 4.69) is 4.72 Å². The first-order chi connectivity index (χ1) is 9.42. The summed E-state index contributed by atoms with van der Waals surface area (Å²) in [4.78, 5) is -0.0168. The van der Waals surface area contributed by atoms with Crippen LogP contribution in [0.3, 0.4) is 0 Å². The Balaban J connectivity index is 2.12. The average Bonchev–Trinajstić information content (AvgIpc) is 2.44. The number of nitrogens with one attached hydrogen (secondary N) is 1. The largest absolute Gasteiger partial charge is 0.396 e. The summed E-state index contributed by atoms with van der Waals surface area (Å²) in [6.45, 7) is 0.446. The number of sulfonamides is 1. The molecule has 0 aromatic heterocycles. The van der Waals surface area contributed by atoms with Crippen LogP contribution in [0.15, 0.2) is 17.0 Å². The number of anilines is 1. The minimum atomic E-state index is -3.65. The molecule has 0 amide bonds. The van der Waals surface area contributed by atoms with E-state index in [0.29, 0.717) is 12.5 Å².